The lowest BCUT2D eigenvalue weighted by atomic mass is 9.78. The molecule has 0 saturated carbocycles. The highest BCUT2D eigenvalue weighted by molar-refractivity contribution is 5.55. The molecule has 3 heteroatoms. The van der Waals surface area contributed by atoms with Crippen molar-refractivity contribution in [2.24, 2.45) is 0 Å². The predicted octanol–water partition coefficient (Wildman–Crippen LogP) is 3.16. The Bertz CT molecular complexity index is 552. The van der Waals surface area contributed by atoms with Crippen LogP contribution in [0.15, 0.2) is 62.2 Å². The molecule has 3 nitrogen and oxygen atoms in total. The van der Waals surface area contributed by atoms with E-state index in [4.69, 9.17) is 13.3 Å². The Morgan fingerprint density at radius 3 is 1.62 bits per heavy atom. The summed E-state index contributed by atoms with van der Waals surface area (Å²) in [6.45, 7) is 0. The van der Waals surface area contributed by atoms with E-state index in [0.717, 1.165) is 23.0 Å². The van der Waals surface area contributed by atoms with Crippen molar-refractivity contribution < 1.29 is 13.3 Å². The van der Waals surface area contributed by atoms with E-state index >= 15 is 0 Å². The molecule has 0 atom stereocenters. The van der Waals surface area contributed by atoms with E-state index in [9.17, 15) is 0 Å². The van der Waals surface area contributed by atoms with Crippen molar-refractivity contribution in [2.45, 2.75) is 5.41 Å². The monoisotopic (exact) mass is 212 g/mol. The van der Waals surface area contributed by atoms with Gasteiger partial charge in [0.05, 0.1) is 12.5 Å². The Balaban J connectivity index is 2.02. The lowest BCUT2D eigenvalue weighted by Gasteiger charge is -2.30. The molecule has 0 amide bonds. The normalized spacial score (nSPS) is 16.0. The molecule has 3 aromatic heterocycles. The fourth-order valence-electron chi connectivity index (χ4n) is 2.41. The zero-order chi connectivity index (χ0) is 10.6. The van der Waals surface area contributed by atoms with Gasteiger partial charge in [-0.1, -0.05) is 0 Å². The lowest BCUT2D eigenvalue weighted by Crippen LogP contribution is -2.32. The van der Waals surface area contributed by atoms with Crippen LogP contribution >= 0.6 is 0 Å². The van der Waals surface area contributed by atoms with Crippen molar-refractivity contribution in [3.05, 3.63) is 72.0 Å². The molecule has 0 fully saturated rings. The Labute approximate surface area is 91.3 Å². The summed E-state index contributed by atoms with van der Waals surface area (Å²) in [5, 5.41) is 0. The molecule has 16 heavy (non-hydrogen) atoms. The second-order valence-corrected chi connectivity index (χ2v) is 3.87. The van der Waals surface area contributed by atoms with Crippen LogP contribution in [-0.2, 0) is 5.41 Å². The molecule has 3 aromatic rings. The second-order valence-electron chi connectivity index (χ2n) is 3.87. The Morgan fingerprint density at radius 1 is 0.688 bits per heavy atom. The van der Waals surface area contributed by atoms with Crippen LogP contribution < -0.4 is 0 Å². The van der Waals surface area contributed by atoms with Crippen molar-refractivity contribution in [2.75, 3.05) is 0 Å². The third kappa shape index (κ3) is 0.692. The minimum Gasteiger partial charge on any atom is -0.467 e. The van der Waals surface area contributed by atoms with Gasteiger partial charge in [-0.25, -0.2) is 0 Å². The van der Waals surface area contributed by atoms with Crippen LogP contribution in [0.4, 0.5) is 0 Å². The van der Waals surface area contributed by atoms with Crippen molar-refractivity contribution in [3.63, 3.8) is 0 Å². The van der Waals surface area contributed by atoms with Crippen LogP contribution in [0.1, 0.15) is 23.0 Å². The molecule has 0 unspecified atom stereocenters. The zero-order valence-electron chi connectivity index (χ0n) is 8.34. The molecule has 0 spiro atoms. The first-order chi connectivity index (χ1) is 7.92. The molecule has 5 rings (SSSR count). The number of fused-ring (bicyclic) bond motifs is 1. The SMILES string of the molecule is c1coc(C2(c3ccco3)c3ccc2o3)c1. The molecule has 0 radical (unpaired) electrons. The smallest absolute Gasteiger partial charge is 0.200 e. The highest BCUT2D eigenvalue weighted by Gasteiger charge is 2.55. The largest absolute Gasteiger partial charge is 0.467 e. The second kappa shape index (κ2) is 2.50. The Hall–Kier alpha value is -2.16. The van der Waals surface area contributed by atoms with Crippen LogP contribution in [0.5, 0.6) is 0 Å². The Kier molecular flexibility index (Phi) is 1.26. The first-order valence-electron chi connectivity index (χ1n) is 5.11. The van der Waals surface area contributed by atoms with Crippen molar-refractivity contribution in [1.29, 1.82) is 0 Å². The molecule has 1 aliphatic heterocycles. The standard InChI is InChI=1S/C13H8O3/c1-3-9(14-7-1)13(10-4-2-8-15-10)11-5-6-12(13)16-11/h1-8H. The topological polar surface area (TPSA) is 39.4 Å². The van der Waals surface area contributed by atoms with E-state index in [-0.39, 0.29) is 0 Å². The molecule has 0 N–H and O–H groups in total. The van der Waals surface area contributed by atoms with Crippen LogP contribution in [0.25, 0.3) is 0 Å². The number of furan rings is 3. The van der Waals surface area contributed by atoms with Gasteiger partial charge in [0, 0.05) is 0 Å². The lowest BCUT2D eigenvalue weighted by molar-refractivity contribution is 0.243. The Morgan fingerprint density at radius 2 is 1.25 bits per heavy atom. The first-order valence-corrected chi connectivity index (χ1v) is 5.11. The molecule has 78 valence electrons. The maximum Gasteiger partial charge on any atom is 0.200 e. The molecule has 1 aliphatic carbocycles. The predicted molar refractivity (Wildman–Crippen MR) is 55.1 cm³/mol. The summed E-state index contributed by atoms with van der Waals surface area (Å²) >= 11 is 0. The van der Waals surface area contributed by atoms with Gasteiger partial charge in [-0.05, 0) is 36.4 Å². The molecule has 4 heterocycles. The molecule has 2 bridgehead atoms. The van der Waals surface area contributed by atoms with Crippen LogP contribution in [0, 0.1) is 0 Å². The minimum atomic E-state index is -0.438. The van der Waals surface area contributed by atoms with E-state index in [1.54, 1.807) is 12.5 Å². The number of hydrogen-bond acceptors (Lipinski definition) is 3. The number of hydrogen-bond donors (Lipinski definition) is 0. The van der Waals surface area contributed by atoms with Gasteiger partial charge in [0.2, 0.25) is 5.41 Å². The van der Waals surface area contributed by atoms with Crippen molar-refractivity contribution in [1.82, 2.24) is 0 Å². The van der Waals surface area contributed by atoms with E-state index in [1.807, 2.05) is 36.4 Å². The van der Waals surface area contributed by atoms with E-state index in [0.29, 0.717) is 0 Å². The van der Waals surface area contributed by atoms with Crippen LogP contribution in [-0.4, -0.2) is 0 Å². The van der Waals surface area contributed by atoms with Gasteiger partial charge in [-0.15, -0.1) is 0 Å². The average molecular weight is 212 g/mol. The zero-order valence-corrected chi connectivity index (χ0v) is 8.34. The highest BCUT2D eigenvalue weighted by atomic mass is 16.4. The first kappa shape index (κ1) is 8.05. The van der Waals surface area contributed by atoms with Gasteiger partial charge >= 0.3 is 0 Å². The number of rotatable bonds is 2. The van der Waals surface area contributed by atoms with Gasteiger partial charge < -0.3 is 13.3 Å². The average Bonchev–Trinajstić information content (AvgIpc) is 3.05. The fourth-order valence-corrected chi connectivity index (χ4v) is 2.41. The molecular formula is C13H8O3. The molecule has 0 aromatic carbocycles. The van der Waals surface area contributed by atoms with Gasteiger partial charge in [0.25, 0.3) is 0 Å². The highest BCUT2D eigenvalue weighted by Crippen LogP contribution is 2.53. The van der Waals surface area contributed by atoms with Crippen LogP contribution in [0.2, 0.25) is 0 Å². The van der Waals surface area contributed by atoms with Crippen molar-refractivity contribution in [3.8, 4) is 0 Å². The van der Waals surface area contributed by atoms with Gasteiger partial charge in [0.1, 0.15) is 23.0 Å². The molecular weight excluding hydrogens is 204 g/mol. The third-order valence-electron chi connectivity index (χ3n) is 3.13. The van der Waals surface area contributed by atoms with Gasteiger partial charge in [-0.2, -0.15) is 0 Å². The summed E-state index contributed by atoms with van der Waals surface area (Å²) in [5.41, 5.74) is -0.438. The quantitative estimate of drug-likeness (QED) is 0.512. The fraction of sp³-hybridized carbons (Fsp3) is 0.0769. The van der Waals surface area contributed by atoms with Crippen molar-refractivity contribution >= 4 is 0 Å². The minimum absolute atomic E-state index is 0.438. The summed E-state index contributed by atoms with van der Waals surface area (Å²) in [5.74, 6) is 3.41. The van der Waals surface area contributed by atoms with E-state index < -0.39 is 5.41 Å². The van der Waals surface area contributed by atoms with Crippen LogP contribution in [0.3, 0.4) is 0 Å². The summed E-state index contributed by atoms with van der Waals surface area (Å²) in [4.78, 5) is 0. The maximum atomic E-state index is 5.52. The van der Waals surface area contributed by atoms with Gasteiger partial charge in [-0.3, -0.25) is 0 Å². The van der Waals surface area contributed by atoms with Gasteiger partial charge in [0.15, 0.2) is 0 Å². The summed E-state index contributed by atoms with van der Waals surface area (Å²) in [7, 11) is 0. The summed E-state index contributed by atoms with van der Waals surface area (Å²) in [6, 6.07) is 11.6. The molecule has 0 saturated heterocycles. The molecule has 2 aliphatic rings. The summed E-state index contributed by atoms with van der Waals surface area (Å²) in [6.07, 6.45) is 3.33. The maximum absolute atomic E-state index is 5.52. The third-order valence-corrected chi connectivity index (χ3v) is 3.13. The van der Waals surface area contributed by atoms with E-state index in [2.05, 4.69) is 0 Å². The van der Waals surface area contributed by atoms with E-state index in [1.165, 1.54) is 0 Å². The summed E-state index contributed by atoms with van der Waals surface area (Å²) < 4.78 is 16.6.